The molecule has 2 rings (SSSR count). The maximum atomic E-state index is 4.75. The van der Waals surface area contributed by atoms with E-state index in [0.29, 0.717) is 0 Å². The van der Waals surface area contributed by atoms with Gasteiger partial charge in [-0.1, -0.05) is 0 Å². The van der Waals surface area contributed by atoms with E-state index < -0.39 is 0 Å². The van der Waals surface area contributed by atoms with E-state index in [4.69, 9.17) is 4.98 Å². The third-order valence-corrected chi connectivity index (χ3v) is 6.45. The minimum atomic E-state index is -0.158. The van der Waals surface area contributed by atoms with Crippen LogP contribution in [0.25, 0.3) is 0 Å². The summed E-state index contributed by atoms with van der Waals surface area (Å²) in [7, 11) is 2.18. The van der Waals surface area contributed by atoms with Crippen molar-refractivity contribution in [1.29, 1.82) is 0 Å². The fraction of sp³-hybridized carbons (Fsp3) is 0.692. The zero-order chi connectivity index (χ0) is 13.0. The molecule has 0 saturated carbocycles. The Labute approximate surface area is 116 Å². The molecule has 2 heterocycles. The molecule has 5 heteroatoms. The summed E-state index contributed by atoms with van der Waals surface area (Å²) in [5.41, 5.74) is 0. The second kappa shape index (κ2) is 6.53. The maximum absolute atomic E-state index is 4.75. The molecule has 100 valence electrons. The number of anilines is 1. The van der Waals surface area contributed by atoms with Crippen LogP contribution in [0.15, 0.2) is 12.3 Å². The van der Waals surface area contributed by atoms with Gasteiger partial charge in [-0.25, -0.2) is 0 Å². The third kappa shape index (κ3) is 3.96. The predicted molar refractivity (Wildman–Crippen MR) is 78.2 cm³/mol. The first-order valence-corrected chi connectivity index (χ1v) is 9.19. The first kappa shape index (κ1) is 13.8. The van der Waals surface area contributed by atoms with Crippen LogP contribution in [0, 0.1) is 5.92 Å². The van der Waals surface area contributed by atoms with E-state index in [0.717, 1.165) is 42.5 Å². The Morgan fingerprint density at radius 2 is 2.00 bits per heavy atom. The number of likely N-dealkylation sites (N-methyl/N-ethyl adjacent to an activating group) is 1. The summed E-state index contributed by atoms with van der Waals surface area (Å²) in [6.45, 7) is 8.96. The van der Waals surface area contributed by atoms with Crippen molar-refractivity contribution in [1.82, 2.24) is 14.9 Å². The molecule has 0 spiro atoms. The summed E-state index contributed by atoms with van der Waals surface area (Å²) in [6, 6.07) is 2.05. The van der Waals surface area contributed by atoms with Crippen LogP contribution in [0.4, 0.5) is 5.82 Å². The number of aromatic nitrogens is 2. The van der Waals surface area contributed by atoms with E-state index in [-0.39, 0.29) is 15.8 Å². The van der Waals surface area contributed by atoms with Gasteiger partial charge in [-0.05, 0) is 0 Å². The molecule has 0 amide bonds. The Balaban J connectivity index is 1.98. The van der Waals surface area contributed by atoms with Gasteiger partial charge in [0.05, 0.1) is 0 Å². The molecular weight excluding hydrogens is 287 g/mol. The summed E-state index contributed by atoms with van der Waals surface area (Å²) < 4.78 is 1.11. The SMILES string of the molecule is CC(C)C[AsH]c1nccc(N2CCN(C)CC2)n1. The van der Waals surface area contributed by atoms with Gasteiger partial charge in [0.25, 0.3) is 0 Å². The molecule has 1 unspecified atom stereocenters. The second-order valence-electron chi connectivity index (χ2n) is 5.30. The molecule has 1 aromatic rings. The molecular formula is C13H23AsN4. The van der Waals surface area contributed by atoms with Gasteiger partial charge in [0.15, 0.2) is 0 Å². The molecule has 1 atom stereocenters. The van der Waals surface area contributed by atoms with E-state index in [9.17, 15) is 0 Å². The molecule has 0 aliphatic carbocycles. The molecule has 18 heavy (non-hydrogen) atoms. The van der Waals surface area contributed by atoms with Crippen molar-refractivity contribution in [3.8, 4) is 0 Å². The van der Waals surface area contributed by atoms with Crippen LogP contribution < -0.4 is 9.51 Å². The van der Waals surface area contributed by atoms with Crippen molar-refractivity contribution < 1.29 is 0 Å². The van der Waals surface area contributed by atoms with Crippen molar-refractivity contribution in [2.24, 2.45) is 5.92 Å². The standard InChI is InChI=1S/C13H23AsN4/c1-11(2)10-14-13-15-5-4-12(16-13)18-8-6-17(3)7-9-18/h4-5,11,14H,6-10H2,1-3H3. The van der Waals surface area contributed by atoms with Gasteiger partial charge in [0.1, 0.15) is 0 Å². The fourth-order valence-corrected chi connectivity index (χ4v) is 3.94. The Kier molecular flexibility index (Phi) is 5.02. The van der Waals surface area contributed by atoms with Gasteiger partial charge in [-0.2, -0.15) is 0 Å². The van der Waals surface area contributed by atoms with E-state index in [1.807, 2.05) is 6.20 Å². The Hall–Kier alpha value is -0.602. The number of piperazine rings is 1. The summed E-state index contributed by atoms with van der Waals surface area (Å²) in [5.74, 6) is 1.89. The molecule has 1 aromatic heterocycles. The zero-order valence-corrected chi connectivity index (χ0v) is 13.7. The van der Waals surface area contributed by atoms with Crippen LogP contribution in [0.2, 0.25) is 5.21 Å². The first-order valence-electron chi connectivity index (χ1n) is 6.65. The van der Waals surface area contributed by atoms with Gasteiger partial charge in [-0.3, -0.25) is 0 Å². The van der Waals surface area contributed by atoms with E-state index in [1.165, 1.54) is 5.21 Å². The monoisotopic (exact) mass is 310 g/mol. The quantitative estimate of drug-likeness (QED) is 0.752. The van der Waals surface area contributed by atoms with E-state index >= 15 is 0 Å². The molecule has 1 saturated heterocycles. The third-order valence-electron chi connectivity index (χ3n) is 3.14. The van der Waals surface area contributed by atoms with E-state index in [1.54, 1.807) is 0 Å². The van der Waals surface area contributed by atoms with Crippen LogP contribution in [-0.2, 0) is 0 Å². The van der Waals surface area contributed by atoms with Crippen LogP contribution in [0.5, 0.6) is 0 Å². The molecule has 0 bridgehead atoms. The van der Waals surface area contributed by atoms with Crippen LogP contribution in [0.3, 0.4) is 0 Å². The normalized spacial score (nSPS) is 18.1. The Morgan fingerprint density at radius 1 is 1.28 bits per heavy atom. The number of hydrogen-bond donors (Lipinski definition) is 0. The summed E-state index contributed by atoms with van der Waals surface area (Å²) in [4.78, 5) is 13.9. The van der Waals surface area contributed by atoms with Gasteiger partial charge >= 0.3 is 116 Å². The van der Waals surface area contributed by atoms with Crippen molar-refractivity contribution in [2.45, 2.75) is 19.1 Å². The predicted octanol–water partition coefficient (Wildman–Crippen LogP) is 0.365. The molecule has 0 N–H and O–H groups in total. The van der Waals surface area contributed by atoms with Crippen molar-refractivity contribution >= 4 is 26.2 Å². The van der Waals surface area contributed by atoms with Crippen molar-refractivity contribution in [3.05, 3.63) is 12.3 Å². The topological polar surface area (TPSA) is 32.3 Å². The second-order valence-corrected chi connectivity index (χ2v) is 7.84. The van der Waals surface area contributed by atoms with E-state index in [2.05, 4.69) is 41.7 Å². The molecule has 0 aromatic carbocycles. The van der Waals surface area contributed by atoms with Crippen molar-refractivity contribution in [2.75, 3.05) is 38.1 Å². The molecule has 1 fully saturated rings. The summed E-state index contributed by atoms with van der Waals surface area (Å²) in [6.07, 6.45) is 1.93. The fourth-order valence-electron chi connectivity index (χ4n) is 1.94. The van der Waals surface area contributed by atoms with Crippen LogP contribution in [-0.4, -0.2) is 63.8 Å². The van der Waals surface area contributed by atoms with Crippen molar-refractivity contribution in [3.63, 3.8) is 0 Å². The average molecular weight is 310 g/mol. The summed E-state index contributed by atoms with van der Waals surface area (Å²) >= 11 is -0.158. The number of hydrogen-bond acceptors (Lipinski definition) is 4. The van der Waals surface area contributed by atoms with Gasteiger partial charge in [-0.15, -0.1) is 0 Å². The Bertz CT molecular complexity index is 375. The summed E-state index contributed by atoms with van der Waals surface area (Å²) in [5, 5.41) is 1.28. The number of nitrogens with zero attached hydrogens (tertiary/aromatic N) is 4. The van der Waals surface area contributed by atoms with Gasteiger partial charge in [0.2, 0.25) is 0 Å². The molecule has 4 nitrogen and oxygen atoms in total. The molecule has 1 aliphatic rings. The molecule has 0 radical (unpaired) electrons. The minimum absolute atomic E-state index is 0.158. The number of rotatable bonds is 4. The van der Waals surface area contributed by atoms with Crippen LogP contribution >= 0.6 is 0 Å². The Morgan fingerprint density at radius 3 is 2.67 bits per heavy atom. The average Bonchev–Trinajstić information content (AvgIpc) is 2.37. The van der Waals surface area contributed by atoms with Gasteiger partial charge < -0.3 is 0 Å². The zero-order valence-electron chi connectivity index (χ0n) is 11.6. The molecule has 1 aliphatic heterocycles. The first-order chi connectivity index (χ1) is 8.65. The van der Waals surface area contributed by atoms with Gasteiger partial charge in [0, 0.05) is 0 Å². The van der Waals surface area contributed by atoms with Crippen LogP contribution in [0.1, 0.15) is 13.8 Å².